The van der Waals surface area contributed by atoms with Crippen molar-refractivity contribution >= 4 is 44.2 Å². The number of hydrogen-bond acceptors (Lipinski definition) is 6. The molecule has 2 aliphatic rings. The maximum Gasteiger partial charge on any atom is 0.234 e. The van der Waals surface area contributed by atoms with Crippen LogP contribution < -0.4 is 9.80 Å². The Balaban J connectivity index is 1.37. The lowest BCUT2D eigenvalue weighted by Gasteiger charge is -2.28. The van der Waals surface area contributed by atoms with E-state index >= 15 is 0 Å². The standard InChI is InChI=1S/C25H26F2N4O3S/c26-18-14-20(27)23-21(15-18)35-25(28-23)30(8-4-7-29-9-11-34-12-10-29)24(33)17-13-22(32)31(16-17)19-5-2-1-3-6-19/h1-3,5-6,14-15,17H,4,7-13,16H2. The molecule has 2 fully saturated rings. The first kappa shape index (κ1) is 23.8. The zero-order chi connectivity index (χ0) is 24.4. The van der Waals surface area contributed by atoms with E-state index in [1.165, 1.54) is 6.07 Å². The molecule has 0 bridgehead atoms. The minimum Gasteiger partial charge on any atom is -0.379 e. The first-order valence-electron chi connectivity index (χ1n) is 11.7. The Bertz CT molecular complexity index is 1220. The molecular formula is C25H26F2N4O3S. The molecule has 3 aromatic rings. The number of fused-ring (bicyclic) bond motifs is 1. The number of rotatable bonds is 7. The second-order valence-corrected chi connectivity index (χ2v) is 9.78. The monoisotopic (exact) mass is 500 g/mol. The van der Waals surface area contributed by atoms with Gasteiger partial charge in [0, 0.05) is 50.9 Å². The lowest BCUT2D eigenvalue weighted by atomic mass is 10.1. The van der Waals surface area contributed by atoms with E-state index in [-0.39, 0.29) is 30.3 Å². The van der Waals surface area contributed by atoms with Crippen LogP contribution in [0.2, 0.25) is 0 Å². The van der Waals surface area contributed by atoms with E-state index in [4.69, 9.17) is 4.74 Å². The molecule has 10 heteroatoms. The minimum absolute atomic E-state index is 0.0470. The maximum absolute atomic E-state index is 14.3. The van der Waals surface area contributed by atoms with Gasteiger partial charge in [-0.15, -0.1) is 0 Å². The van der Waals surface area contributed by atoms with Crippen molar-refractivity contribution in [2.24, 2.45) is 5.92 Å². The summed E-state index contributed by atoms with van der Waals surface area (Å²) in [5.41, 5.74) is 0.801. The summed E-state index contributed by atoms with van der Waals surface area (Å²) >= 11 is 1.09. The SMILES string of the molecule is O=C1CC(C(=O)N(CCCN2CCOCC2)c2nc3c(F)cc(F)cc3s2)CN1c1ccccc1. The van der Waals surface area contributed by atoms with Crippen LogP contribution >= 0.6 is 11.3 Å². The van der Waals surface area contributed by atoms with E-state index in [0.29, 0.717) is 36.0 Å². The highest BCUT2D eigenvalue weighted by atomic mass is 32.1. The molecule has 0 spiro atoms. The Hall–Kier alpha value is -2.95. The maximum atomic E-state index is 14.3. The van der Waals surface area contributed by atoms with Crippen LogP contribution in [0.4, 0.5) is 19.6 Å². The molecule has 0 N–H and O–H groups in total. The first-order chi connectivity index (χ1) is 17.0. The van der Waals surface area contributed by atoms with E-state index in [9.17, 15) is 18.4 Å². The summed E-state index contributed by atoms with van der Waals surface area (Å²) in [6, 6.07) is 11.3. The van der Waals surface area contributed by atoms with Gasteiger partial charge in [0.1, 0.15) is 11.3 Å². The molecular weight excluding hydrogens is 474 g/mol. The Morgan fingerprint density at radius 2 is 1.94 bits per heavy atom. The van der Waals surface area contributed by atoms with Crippen LogP contribution in [0.5, 0.6) is 0 Å². The third-order valence-electron chi connectivity index (χ3n) is 6.40. The van der Waals surface area contributed by atoms with Gasteiger partial charge in [0.2, 0.25) is 11.8 Å². The van der Waals surface area contributed by atoms with Gasteiger partial charge in [-0.1, -0.05) is 29.5 Å². The molecule has 3 heterocycles. The number of nitrogens with zero attached hydrogens (tertiary/aromatic N) is 4. The summed E-state index contributed by atoms with van der Waals surface area (Å²) in [6.45, 7) is 4.47. The third kappa shape index (κ3) is 5.19. The first-order valence-corrected chi connectivity index (χ1v) is 12.5. The van der Waals surface area contributed by atoms with E-state index in [1.807, 2.05) is 30.3 Å². The number of halogens is 2. The van der Waals surface area contributed by atoms with Crippen LogP contribution in [-0.4, -0.2) is 67.6 Å². The zero-order valence-electron chi connectivity index (χ0n) is 19.2. The van der Waals surface area contributed by atoms with E-state index in [0.717, 1.165) is 42.7 Å². The molecule has 2 amide bonds. The minimum atomic E-state index is -0.755. The molecule has 7 nitrogen and oxygen atoms in total. The fourth-order valence-corrected chi connectivity index (χ4v) is 5.63. The number of carbonyl (C=O) groups excluding carboxylic acids is 2. The largest absolute Gasteiger partial charge is 0.379 e. The number of para-hydroxylation sites is 1. The van der Waals surface area contributed by atoms with Crippen molar-refractivity contribution in [2.75, 3.05) is 55.7 Å². The predicted octanol–water partition coefficient (Wildman–Crippen LogP) is 3.68. The van der Waals surface area contributed by atoms with Gasteiger partial charge in [0.25, 0.3) is 0 Å². The van der Waals surface area contributed by atoms with E-state index in [2.05, 4.69) is 9.88 Å². The van der Waals surface area contributed by atoms with Gasteiger partial charge in [-0.2, -0.15) is 0 Å². The quantitative estimate of drug-likeness (QED) is 0.495. The van der Waals surface area contributed by atoms with E-state index < -0.39 is 17.6 Å². The van der Waals surface area contributed by atoms with Crippen molar-refractivity contribution < 1.29 is 23.1 Å². The molecule has 5 rings (SSSR count). The van der Waals surface area contributed by atoms with Crippen LogP contribution in [-0.2, 0) is 14.3 Å². The topological polar surface area (TPSA) is 66.0 Å². The molecule has 0 saturated carbocycles. The summed E-state index contributed by atoms with van der Waals surface area (Å²) in [6.07, 6.45) is 0.781. The van der Waals surface area contributed by atoms with Gasteiger partial charge >= 0.3 is 0 Å². The smallest absolute Gasteiger partial charge is 0.234 e. The number of carbonyl (C=O) groups is 2. The molecule has 1 atom stereocenters. The Morgan fingerprint density at radius 3 is 2.71 bits per heavy atom. The highest BCUT2D eigenvalue weighted by molar-refractivity contribution is 7.22. The second-order valence-electron chi connectivity index (χ2n) is 8.77. The molecule has 0 aliphatic carbocycles. The third-order valence-corrected chi connectivity index (χ3v) is 7.43. The van der Waals surface area contributed by atoms with Crippen molar-refractivity contribution in [3.8, 4) is 0 Å². The molecule has 1 unspecified atom stereocenters. The zero-order valence-corrected chi connectivity index (χ0v) is 20.0. The number of benzene rings is 2. The number of morpholine rings is 1. The van der Waals surface area contributed by atoms with Gasteiger partial charge in [-0.25, -0.2) is 13.8 Å². The number of amides is 2. The highest BCUT2D eigenvalue weighted by Gasteiger charge is 2.38. The van der Waals surface area contributed by atoms with Crippen LogP contribution in [0.15, 0.2) is 42.5 Å². The molecule has 1 aromatic heterocycles. The average molecular weight is 501 g/mol. The summed E-state index contributed by atoms with van der Waals surface area (Å²) in [5.74, 6) is -2.32. The number of ether oxygens (including phenoxy) is 1. The van der Waals surface area contributed by atoms with Gasteiger partial charge in [-0.3, -0.25) is 19.4 Å². The molecule has 0 radical (unpaired) electrons. The van der Waals surface area contributed by atoms with Gasteiger partial charge < -0.3 is 9.64 Å². The van der Waals surface area contributed by atoms with Crippen LogP contribution in [0.25, 0.3) is 10.2 Å². The van der Waals surface area contributed by atoms with E-state index in [1.54, 1.807) is 9.80 Å². The van der Waals surface area contributed by atoms with Crippen molar-refractivity contribution in [1.82, 2.24) is 9.88 Å². The number of thiazole rings is 1. The van der Waals surface area contributed by atoms with Crippen LogP contribution in [0, 0.1) is 17.6 Å². The van der Waals surface area contributed by atoms with Crippen LogP contribution in [0.3, 0.4) is 0 Å². The molecule has 184 valence electrons. The molecule has 35 heavy (non-hydrogen) atoms. The molecule has 2 aliphatic heterocycles. The van der Waals surface area contributed by atoms with Crippen molar-refractivity contribution in [3.63, 3.8) is 0 Å². The Labute approximate surface area is 205 Å². The Kier molecular flexibility index (Phi) is 7.03. The summed E-state index contributed by atoms with van der Waals surface area (Å²) in [5, 5.41) is 0.321. The summed E-state index contributed by atoms with van der Waals surface area (Å²) in [4.78, 5) is 36.2. The fraction of sp³-hybridized carbons (Fsp3) is 0.400. The van der Waals surface area contributed by atoms with Crippen molar-refractivity contribution in [1.29, 1.82) is 0 Å². The van der Waals surface area contributed by atoms with Gasteiger partial charge in [0.05, 0.1) is 23.8 Å². The average Bonchev–Trinajstić information content (AvgIpc) is 3.46. The van der Waals surface area contributed by atoms with Gasteiger partial charge in [0.15, 0.2) is 10.9 Å². The number of hydrogen-bond donors (Lipinski definition) is 0. The van der Waals surface area contributed by atoms with Gasteiger partial charge in [-0.05, 0) is 24.6 Å². The summed E-state index contributed by atoms with van der Waals surface area (Å²) < 4.78 is 33.8. The molecule has 2 aromatic carbocycles. The second kappa shape index (κ2) is 10.3. The number of aromatic nitrogens is 1. The van der Waals surface area contributed by atoms with Crippen molar-refractivity contribution in [2.45, 2.75) is 12.8 Å². The Morgan fingerprint density at radius 1 is 1.17 bits per heavy atom. The highest BCUT2D eigenvalue weighted by Crippen LogP contribution is 2.34. The normalized spacial score (nSPS) is 19.0. The number of anilines is 2. The predicted molar refractivity (Wildman–Crippen MR) is 131 cm³/mol. The lowest BCUT2D eigenvalue weighted by molar-refractivity contribution is -0.124. The summed E-state index contributed by atoms with van der Waals surface area (Å²) in [7, 11) is 0. The van der Waals surface area contributed by atoms with Crippen molar-refractivity contribution in [3.05, 3.63) is 54.1 Å². The van der Waals surface area contributed by atoms with Crippen LogP contribution in [0.1, 0.15) is 12.8 Å². The molecule has 2 saturated heterocycles. The fourth-order valence-electron chi connectivity index (χ4n) is 4.59. The lowest BCUT2D eigenvalue weighted by Crippen LogP contribution is -2.41.